The fourth-order valence-electron chi connectivity index (χ4n) is 3.65. The maximum atomic E-state index is 12.0. The van der Waals surface area contributed by atoms with E-state index in [4.69, 9.17) is 18.9 Å². The molecular weight excluding hydrogens is 404 g/mol. The number of hydrogen-bond donors (Lipinski definition) is 2. The standard InChI is InChI=1S/C22H34N2O7/c1-17(25)21-3-2-20(30-15-18(26)13-23-4-8-28-9-5-23)12-22(21)31-16-19(27)14-24-6-10-29-11-7-24/h2-3,12,18-19,26-27H,4-11,13-16H2,1H3. The second-order valence-electron chi connectivity index (χ2n) is 7.97. The predicted molar refractivity (Wildman–Crippen MR) is 114 cm³/mol. The number of carbonyl (C=O) groups excluding carboxylic acids is 1. The number of benzene rings is 1. The third-order valence-electron chi connectivity index (χ3n) is 5.35. The van der Waals surface area contributed by atoms with Gasteiger partial charge >= 0.3 is 0 Å². The zero-order chi connectivity index (χ0) is 22.1. The van der Waals surface area contributed by atoms with Crippen LogP contribution in [0.4, 0.5) is 0 Å². The van der Waals surface area contributed by atoms with Gasteiger partial charge in [-0.05, 0) is 19.1 Å². The van der Waals surface area contributed by atoms with E-state index in [0.717, 1.165) is 26.2 Å². The smallest absolute Gasteiger partial charge is 0.163 e. The van der Waals surface area contributed by atoms with E-state index in [1.165, 1.54) is 6.92 Å². The van der Waals surface area contributed by atoms with Crippen LogP contribution in [-0.2, 0) is 9.47 Å². The number of ether oxygens (including phenoxy) is 4. The first-order valence-electron chi connectivity index (χ1n) is 10.9. The lowest BCUT2D eigenvalue weighted by Gasteiger charge is -2.28. The van der Waals surface area contributed by atoms with Gasteiger partial charge in [0, 0.05) is 45.3 Å². The van der Waals surface area contributed by atoms with Crippen LogP contribution in [-0.4, -0.2) is 117 Å². The van der Waals surface area contributed by atoms with Crippen molar-refractivity contribution < 1.29 is 34.0 Å². The van der Waals surface area contributed by atoms with Crippen LogP contribution in [0.1, 0.15) is 17.3 Å². The van der Waals surface area contributed by atoms with Gasteiger partial charge in [-0.2, -0.15) is 0 Å². The Bertz CT molecular complexity index is 690. The molecule has 0 spiro atoms. The normalized spacial score (nSPS) is 20.2. The third-order valence-corrected chi connectivity index (χ3v) is 5.35. The van der Waals surface area contributed by atoms with Gasteiger partial charge in [-0.15, -0.1) is 0 Å². The molecule has 0 bridgehead atoms. The molecule has 0 radical (unpaired) electrons. The molecule has 0 aromatic heterocycles. The molecular formula is C22H34N2O7. The number of morpholine rings is 2. The first-order chi connectivity index (χ1) is 15.0. The molecule has 1 aromatic rings. The Morgan fingerprint density at radius 3 is 1.97 bits per heavy atom. The van der Waals surface area contributed by atoms with Gasteiger partial charge in [-0.25, -0.2) is 0 Å². The van der Waals surface area contributed by atoms with Crippen molar-refractivity contribution in [2.45, 2.75) is 19.1 Å². The van der Waals surface area contributed by atoms with Crippen molar-refractivity contribution in [2.24, 2.45) is 0 Å². The van der Waals surface area contributed by atoms with E-state index in [0.29, 0.717) is 56.6 Å². The summed E-state index contributed by atoms with van der Waals surface area (Å²) >= 11 is 0. The van der Waals surface area contributed by atoms with Crippen molar-refractivity contribution in [3.63, 3.8) is 0 Å². The van der Waals surface area contributed by atoms with Crippen molar-refractivity contribution in [2.75, 3.05) is 78.9 Å². The Labute approximate surface area is 183 Å². The lowest BCUT2D eigenvalue weighted by atomic mass is 10.1. The van der Waals surface area contributed by atoms with Crippen molar-refractivity contribution >= 4 is 5.78 Å². The molecule has 2 aliphatic rings. The quantitative estimate of drug-likeness (QED) is 0.464. The molecule has 0 aliphatic carbocycles. The molecule has 2 N–H and O–H groups in total. The zero-order valence-electron chi connectivity index (χ0n) is 18.2. The number of aliphatic hydroxyl groups excluding tert-OH is 2. The van der Waals surface area contributed by atoms with Crippen LogP contribution in [0.15, 0.2) is 18.2 Å². The Hall–Kier alpha value is -1.75. The number of β-amino-alcohol motifs (C(OH)–C–C–N with tert-alkyl or cyclic N) is 2. The van der Waals surface area contributed by atoms with Crippen LogP contribution in [0, 0.1) is 0 Å². The molecule has 2 atom stereocenters. The summed E-state index contributed by atoms with van der Waals surface area (Å²) in [5.41, 5.74) is 0.430. The second kappa shape index (κ2) is 12.3. The molecule has 2 fully saturated rings. The average molecular weight is 439 g/mol. The van der Waals surface area contributed by atoms with Gasteiger partial charge in [0.15, 0.2) is 5.78 Å². The third kappa shape index (κ3) is 8.03. The first kappa shape index (κ1) is 23.9. The molecule has 2 unspecified atom stereocenters. The van der Waals surface area contributed by atoms with Gasteiger partial charge in [0.05, 0.1) is 32.0 Å². The van der Waals surface area contributed by atoms with E-state index in [1.807, 2.05) is 0 Å². The minimum Gasteiger partial charge on any atom is -0.491 e. The van der Waals surface area contributed by atoms with Gasteiger partial charge in [-0.1, -0.05) is 0 Å². The number of aliphatic hydroxyl groups is 2. The van der Waals surface area contributed by atoms with Crippen molar-refractivity contribution in [3.05, 3.63) is 23.8 Å². The van der Waals surface area contributed by atoms with E-state index in [-0.39, 0.29) is 19.0 Å². The van der Waals surface area contributed by atoms with Crippen LogP contribution in [0.2, 0.25) is 0 Å². The van der Waals surface area contributed by atoms with Crippen LogP contribution in [0.25, 0.3) is 0 Å². The average Bonchev–Trinajstić information content (AvgIpc) is 2.77. The monoisotopic (exact) mass is 438 g/mol. The minimum absolute atomic E-state index is 0.0702. The topological polar surface area (TPSA) is 101 Å². The summed E-state index contributed by atoms with van der Waals surface area (Å²) < 4.78 is 22.1. The SMILES string of the molecule is CC(=O)c1ccc(OCC(O)CN2CCOCC2)cc1OCC(O)CN1CCOCC1. The number of rotatable bonds is 11. The van der Waals surface area contributed by atoms with E-state index in [9.17, 15) is 15.0 Å². The number of carbonyl (C=O) groups is 1. The van der Waals surface area contributed by atoms with Gasteiger partial charge in [0.2, 0.25) is 0 Å². The highest BCUT2D eigenvalue weighted by atomic mass is 16.5. The lowest BCUT2D eigenvalue weighted by molar-refractivity contribution is 0.00403. The molecule has 0 saturated carbocycles. The van der Waals surface area contributed by atoms with Gasteiger partial charge < -0.3 is 29.2 Å². The first-order valence-corrected chi connectivity index (χ1v) is 10.9. The summed E-state index contributed by atoms with van der Waals surface area (Å²) in [6.07, 6.45) is -1.32. The summed E-state index contributed by atoms with van der Waals surface area (Å²) in [6.45, 7) is 8.54. The Kier molecular flexibility index (Phi) is 9.51. The molecule has 1 aromatic carbocycles. The summed E-state index contributed by atoms with van der Waals surface area (Å²) in [4.78, 5) is 16.2. The fraction of sp³-hybridized carbons (Fsp3) is 0.682. The van der Waals surface area contributed by atoms with Gasteiger partial charge in [0.1, 0.15) is 36.9 Å². The zero-order valence-corrected chi connectivity index (χ0v) is 18.2. The largest absolute Gasteiger partial charge is 0.491 e. The molecule has 174 valence electrons. The van der Waals surface area contributed by atoms with Gasteiger partial charge in [-0.3, -0.25) is 14.6 Å². The number of hydrogen-bond acceptors (Lipinski definition) is 9. The van der Waals surface area contributed by atoms with Crippen molar-refractivity contribution in [1.82, 2.24) is 9.80 Å². The van der Waals surface area contributed by atoms with Crippen LogP contribution in [0.3, 0.4) is 0 Å². The van der Waals surface area contributed by atoms with E-state index in [1.54, 1.807) is 18.2 Å². The fourth-order valence-corrected chi connectivity index (χ4v) is 3.65. The maximum absolute atomic E-state index is 12.0. The van der Waals surface area contributed by atoms with Crippen LogP contribution < -0.4 is 9.47 Å². The highest BCUT2D eigenvalue weighted by Crippen LogP contribution is 2.26. The summed E-state index contributed by atoms with van der Waals surface area (Å²) in [5, 5.41) is 20.6. The predicted octanol–water partition coefficient (Wildman–Crippen LogP) is 0.0330. The molecule has 31 heavy (non-hydrogen) atoms. The van der Waals surface area contributed by atoms with E-state index < -0.39 is 12.2 Å². The molecule has 9 nitrogen and oxygen atoms in total. The molecule has 0 amide bonds. The second-order valence-corrected chi connectivity index (χ2v) is 7.97. The molecule has 2 aliphatic heterocycles. The molecule has 2 saturated heterocycles. The Morgan fingerprint density at radius 2 is 1.45 bits per heavy atom. The van der Waals surface area contributed by atoms with E-state index in [2.05, 4.69) is 9.80 Å². The number of Topliss-reactive ketones (excluding diaryl/α,β-unsaturated/α-hetero) is 1. The lowest BCUT2D eigenvalue weighted by Crippen LogP contribution is -2.42. The van der Waals surface area contributed by atoms with Crippen LogP contribution in [0.5, 0.6) is 11.5 Å². The van der Waals surface area contributed by atoms with Crippen molar-refractivity contribution in [3.8, 4) is 11.5 Å². The molecule has 3 rings (SSSR count). The summed E-state index contributed by atoms with van der Waals surface area (Å²) in [5.74, 6) is 0.744. The van der Waals surface area contributed by atoms with Gasteiger partial charge in [0.25, 0.3) is 0 Å². The van der Waals surface area contributed by atoms with Crippen molar-refractivity contribution in [1.29, 1.82) is 0 Å². The molecule has 9 heteroatoms. The summed E-state index contributed by atoms with van der Waals surface area (Å²) in [7, 11) is 0. The summed E-state index contributed by atoms with van der Waals surface area (Å²) in [6, 6.07) is 4.98. The highest BCUT2D eigenvalue weighted by molar-refractivity contribution is 5.97. The molecule has 2 heterocycles. The van der Waals surface area contributed by atoms with E-state index >= 15 is 0 Å². The number of nitrogens with zero attached hydrogens (tertiary/aromatic N) is 2. The highest BCUT2D eigenvalue weighted by Gasteiger charge is 2.18. The number of ketones is 1. The van der Waals surface area contributed by atoms with Crippen LogP contribution >= 0.6 is 0 Å². The maximum Gasteiger partial charge on any atom is 0.163 e. The Balaban J connectivity index is 1.51. The Morgan fingerprint density at radius 1 is 0.935 bits per heavy atom. The minimum atomic E-state index is -0.683.